The van der Waals surface area contributed by atoms with E-state index in [-0.39, 0.29) is 32.2 Å². The van der Waals surface area contributed by atoms with E-state index in [1.165, 1.54) is 0 Å². The van der Waals surface area contributed by atoms with E-state index in [0.29, 0.717) is 28.2 Å². The second kappa shape index (κ2) is 14.2. The van der Waals surface area contributed by atoms with Crippen LogP contribution in [0.2, 0.25) is 0 Å². The molecule has 1 N–H and O–H groups in total. The van der Waals surface area contributed by atoms with Gasteiger partial charge in [0.25, 0.3) is 0 Å². The van der Waals surface area contributed by atoms with Crippen molar-refractivity contribution in [3.05, 3.63) is 84.2 Å². The van der Waals surface area contributed by atoms with Crippen LogP contribution in [0.4, 0.5) is 4.39 Å². The number of ether oxygens (including phenoxy) is 3. The zero-order valence-electron chi connectivity index (χ0n) is 21.6. The van der Waals surface area contributed by atoms with Gasteiger partial charge in [-0.05, 0) is 60.7 Å². The first kappa shape index (κ1) is 27.9. The number of carbonyl (C=O) groups is 1. The second-order valence-corrected chi connectivity index (χ2v) is 8.84. The molecule has 0 saturated heterocycles. The van der Waals surface area contributed by atoms with Crippen molar-refractivity contribution in [1.29, 1.82) is 0 Å². The zero-order valence-corrected chi connectivity index (χ0v) is 21.6. The average molecular weight is 507 g/mol. The summed E-state index contributed by atoms with van der Waals surface area (Å²) in [5, 5.41) is 8.96. The lowest BCUT2D eigenvalue weighted by atomic mass is 9.97. The summed E-state index contributed by atoms with van der Waals surface area (Å²) in [5.74, 6) is 0.439. The van der Waals surface area contributed by atoms with Crippen LogP contribution in [0, 0.1) is 5.82 Å². The van der Waals surface area contributed by atoms with Crippen molar-refractivity contribution in [3.8, 4) is 33.8 Å². The molecular formula is C31H35FO5. The number of halogens is 1. The van der Waals surface area contributed by atoms with Gasteiger partial charge in [-0.2, -0.15) is 0 Å². The minimum atomic E-state index is -0.475. The minimum Gasteiger partial charge on any atom is -0.491 e. The van der Waals surface area contributed by atoms with Crippen molar-refractivity contribution in [2.24, 2.45) is 0 Å². The van der Waals surface area contributed by atoms with E-state index in [4.69, 9.17) is 19.3 Å². The lowest BCUT2D eigenvalue weighted by molar-refractivity contribution is -0.139. The first-order valence-corrected chi connectivity index (χ1v) is 12.6. The zero-order chi connectivity index (χ0) is 26.6. The third-order valence-electron chi connectivity index (χ3n) is 5.84. The average Bonchev–Trinajstić information content (AvgIpc) is 2.90. The number of rotatable bonds is 14. The molecule has 0 unspecified atom stereocenters. The number of hydrogen-bond donors (Lipinski definition) is 1. The van der Waals surface area contributed by atoms with Gasteiger partial charge in [0.2, 0.25) is 0 Å². The fourth-order valence-corrected chi connectivity index (χ4v) is 3.88. The number of carbonyl (C=O) groups excluding carboxylic acids is 1. The first-order chi connectivity index (χ1) is 17.9. The number of aliphatic hydroxyl groups is 1. The van der Waals surface area contributed by atoms with Gasteiger partial charge in [-0.3, -0.25) is 0 Å². The van der Waals surface area contributed by atoms with Crippen molar-refractivity contribution in [1.82, 2.24) is 0 Å². The molecule has 0 bridgehead atoms. The smallest absolute Gasteiger partial charge is 0.333 e. The molecule has 3 aromatic rings. The minimum absolute atomic E-state index is 0.0596. The number of aliphatic hydroxyl groups excluding tert-OH is 1. The Balaban J connectivity index is 1.86. The van der Waals surface area contributed by atoms with Crippen LogP contribution in [0.1, 0.15) is 38.7 Å². The van der Waals surface area contributed by atoms with Gasteiger partial charge in [-0.25, -0.2) is 9.18 Å². The van der Waals surface area contributed by atoms with Crippen molar-refractivity contribution < 1.29 is 28.5 Å². The van der Waals surface area contributed by atoms with E-state index in [0.717, 1.165) is 42.4 Å². The molecule has 0 aliphatic heterocycles. The summed E-state index contributed by atoms with van der Waals surface area (Å²) in [6, 6.07) is 18.4. The van der Waals surface area contributed by atoms with Gasteiger partial charge in [-0.15, -0.1) is 0 Å². The summed E-state index contributed by atoms with van der Waals surface area (Å²) in [6.07, 6.45) is 4.16. The molecule has 0 heterocycles. The molecule has 6 heteroatoms. The molecule has 3 rings (SSSR count). The predicted octanol–water partition coefficient (Wildman–Crippen LogP) is 6.76. The Morgan fingerprint density at radius 3 is 2.30 bits per heavy atom. The Labute approximate surface area is 218 Å². The van der Waals surface area contributed by atoms with E-state index in [1.54, 1.807) is 19.1 Å². The van der Waals surface area contributed by atoms with Gasteiger partial charge >= 0.3 is 5.97 Å². The van der Waals surface area contributed by atoms with Crippen molar-refractivity contribution in [2.45, 2.75) is 39.5 Å². The molecule has 3 aromatic carbocycles. The summed E-state index contributed by atoms with van der Waals surface area (Å²) in [6.45, 7) is 7.66. The highest BCUT2D eigenvalue weighted by atomic mass is 19.1. The molecule has 196 valence electrons. The Hall–Kier alpha value is -3.64. The normalized spacial score (nSPS) is 10.7. The van der Waals surface area contributed by atoms with Gasteiger partial charge < -0.3 is 19.3 Å². The topological polar surface area (TPSA) is 65.0 Å². The predicted molar refractivity (Wildman–Crippen MR) is 144 cm³/mol. The highest BCUT2D eigenvalue weighted by molar-refractivity contribution is 5.86. The summed E-state index contributed by atoms with van der Waals surface area (Å²) in [4.78, 5) is 11.7. The highest BCUT2D eigenvalue weighted by Crippen LogP contribution is 2.36. The molecule has 5 nitrogen and oxygen atoms in total. The number of aryl methyl sites for hydroxylation is 1. The molecule has 0 radical (unpaired) electrons. The molecule has 0 spiro atoms. The largest absolute Gasteiger partial charge is 0.491 e. The van der Waals surface area contributed by atoms with E-state index < -0.39 is 5.97 Å². The standard InChI is InChI=1S/C31H35FO5/c1-4-5-6-7-23-8-14-27(29(32)20-23)25-11-15-28(24-9-12-26(13-10-24)35-17-16-33)30(21-25)36-18-19-37-31(34)22(2)3/h8-15,20-21,33H,2,4-7,16-19H2,1,3H3. The highest BCUT2D eigenvalue weighted by Gasteiger charge is 2.13. The van der Waals surface area contributed by atoms with E-state index >= 15 is 4.39 Å². The van der Waals surface area contributed by atoms with Crippen LogP contribution in [0.15, 0.2) is 72.8 Å². The van der Waals surface area contributed by atoms with Crippen LogP contribution in [0.25, 0.3) is 22.3 Å². The summed E-state index contributed by atoms with van der Waals surface area (Å²) < 4.78 is 31.7. The molecule has 0 saturated carbocycles. The summed E-state index contributed by atoms with van der Waals surface area (Å²) >= 11 is 0. The van der Waals surface area contributed by atoms with Crippen LogP contribution in [0.5, 0.6) is 11.5 Å². The number of hydrogen-bond acceptors (Lipinski definition) is 5. The van der Waals surface area contributed by atoms with Crippen LogP contribution < -0.4 is 9.47 Å². The maximum atomic E-state index is 15.1. The maximum absolute atomic E-state index is 15.1. The molecule has 0 aromatic heterocycles. The Kier molecular flexibility index (Phi) is 10.7. The molecule has 0 aliphatic carbocycles. The summed E-state index contributed by atoms with van der Waals surface area (Å²) in [5.41, 5.74) is 4.18. The SMILES string of the molecule is C=C(C)C(=O)OCCOc1cc(-c2ccc(CCCCC)cc2F)ccc1-c1ccc(OCCO)cc1. The van der Waals surface area contributed by atoms with E-state index in [2.05, 4.69) is 13.5 Å². The fraction of sp³-hybridized carbons (Fsp3) is 0.323. The van der Waals surface area contributed by atoms with Gasteiger partial charge in [0.15, 0.2) is 0 Å². The lowest BCUT2D eigenvalue weighted by Crippen LogP contribution is -2.12. The molecule has 0 fully saturated rings. The monoisotopic (exact) mass is 506 g/mol. The maximum Gasteiger partial charge on any atom is 0.333 e. The lowest BCUT2D eigenvalue weighted by Gasteiger charge is -2.15. The van der Waals surface area contributed by atoms with Crippen molar-refractivity contribution in [2.75, 3.05) is 26.4 Å². The Bertz CT molecular complexity index is 1190. The van der Waals surface area contributed by atoms with Crippen LogP contribution in [-0.4, -0.2) is 37.5 Å². The number of benzene rings is 3. The second-order valence-electron chi connectivity index (χ2n) is 8.84. The van der Waals surface area contributed by atoms with Gasteiger partial charge in [0, 0.05) is 16.7 Å². The third kappa shape index (κ3) is 8.19. The van der Waals surface area contributed by atoms with Crippen LogP contribution >= 0.6 is 0 Å². The number of esters is 1. The molecule has 0 aliphatic rings. The van der Waals surface area contributed by atoms with Crippen LogP contribution in [0.3, 0.4) is 0 Å². The molecule has 37 heavy (non-hydrogen) atoms. The van der Waals surface area contributed by atoms with E-state index in [1.807, 2.05) is 48.5 Å². The van der Waals surface area contributed by atoms with Gasteiger partial charge in [-0.1, -0.05) is 62.7 Å². The first-order valence-electron chi connectivity index (χ1n) is 12.6. The fourth-order valence-electron chi connectivity index (χ4n) is 3.88. The van der Waals surface area contributed by atoms with Crippen LogP contribution in [-0.2, 0) is 16.0 Å². The third-order valence-corrected chi connectivity index (χ3v) is 5.84. The van der Waals surface area contributed by atoms with Gasteiger partial charge in [0.05, 0.1) is 6.61 Å². The summed E-state index contributed by atoms with van der Waals surface area (Å²) in [7, 11) is 0. The molecule has 0 atom stereocenters. The quantitative estimate of drug-likeness (QED) is 0.149. The Morgan fingerprint density at radius 1 is 0.892 bits per heavy atom. The Morgan fingerprint density at radius 2 is 1.62 bits per heavy atom. The van der Waals surface area contributed by atoms with E-state index in [9.17, 15) is 4.79 Å². The van der Waals surface area contributed by atoms with Gasteiger partial charge in [0.1, 0.15) is 37.1 Å². The number of unbranched alkanes of at least 4 members (excludes halogenated alkanes) is 2. The molecule has 0 amide bonds. The van der Waals surface area contributed by atoms with Crippen molar-refractivity contribution in [3.63, 3.8) is 0 Å². The van der Waals surface area contributed by atoms with Crippen molar-refractivity contribution >= 4 is 5.97 Å². The molecular weight excluding hydrogens is 471 g/mol.